The van der Waals surface area contributed by atoms with Crippen molar-refractivity contribution in [3.63, 3.8) is 0 Å². The largest absolute Gasteiger partial charge is 0.453 e. The van der Waals surface area contributed by atoms with E-state index in [-0.39, 0.29) is 34.2 Å². The molecule has 15 heteroatoms. The number of amides is 2. The van der Waals surface area contributed by atoms with Crippen molar-refractivity contribution in [1.29, 1.82) is 0 Å². The van der Waals surface area contributed by atoms with Gasteiger partial charge in [0.2, 0.25) is 11.8 Å². The van der Waals surface area contributed by atoms with Gasteiger partial charge in [0.1, 0.15) is 23.1 Å². The zero-order valence-corrected chi connectivity index (χ0v) is 18.0. The molecular formula is C20H15F6N7O2. The molecule has 2 N–H and O–H groups in total. The summed E-state index contributed by atoms with van der Waals surface area (Å²) in [7, 11) is 0. The van der Waals surface area contributed by atoms with Gasteiger partial charge in [0, 0.05) is 13.0 Å². The third-order valence-electron chi connectivity index (χ3n) is 6.45. The molecule has 35 heavy (non-hydrogen) atoms. The molecule has 0 saturated carbocycles. The number of halogens is 6. The zero-order chi connectivity index (χ0) is 25.5. The Morgan fingerprint density at radius 3 is 2.43 bits per heavy atom. The monoisotopic (exact) mass is 499 g/mol. The molecule has 3 aromatic heterocycles. The van der Waals surface area contributed by atoms with Crippen LogP contribution in [0.25, 0.3) is 22.6 Å². The number of aryl methyl sites for hydroxylation is 1. The molecule has 9 nitrogen and oxygen atoms in total. The maximum absolute atomic E-state index is 14.0. The third-order valence-corrected chi connectivity index (χ3v) is 6.45. The zero-order valence-electron chi connectivity index (χ0n) is 18.0. The molecule has 2 amide bonds. The Morgan fingerprint density at radius 1 is 1.11 bits per heavy atom. The molecule has 184 valence electrons. The molecule has 0 radical (unpaired) electrons. The molecule has 5 rings (SSSR count). The number of anilines is 2. The first-order valence-electron chi connectivity index (χ1n) is 10.3. The van der Waals surface area contributed by atoms with E-state index in [1.807, 2.05) is 0 Å². The molecule has 2 atom stereocenters. The average molecular weight is 499 g/mol. The van der Waals surface area contributed by atoms with Crippen molar-refractivity contribution in [3.8, 4) is 11.5 Å². The molecule has 0 spiro atoms. The Kier molecular flexibility index (Phi) is 4.67. The summed E-state index contributed by atoms with van der Waals surface area (Å²) in [5.74, 6) is -7.68. The van der Waals surface area contributed by atoms with Crippen LogP contribution in [-0.2, 0) is 21.5 Å². The van der Waals surface area contributed by atoms with Crippen molar-refractivity contribution in [2.45, 2.75) is 44.3 Å². The number of carbonyl (C=O) groups excluding carboxylic acids is 2. The number of nitrogens with zero attached hydrogens (tertiary/aromatic N) is 5. The Balaban J connectivity index is 1.64. The van der Waals surface area contributed by atoms with E-state index in [4.69, 9.17) is 0 Å². The summed E-state index contributed by atoms with van der Waals surface area (Å²) >= 11 is 0. The molecule has 0 fully saturated rings. The van der Waals surface area contributed by atoms with E-state index in [9.17, 15) is 35.9 Å². The van der Waals surface area contributed by atoms with Crippen LogP contribution in [0.15, 0.2) is 12.3 Å². The predicted molar refractivity (Wildman–Crippen MR) is 108 cm³/mol. The first-order valence-corrected chi connectivity index (χ1v) is 10.3. The molecular weight excluding hydrogens is 484 g/mol. The number of fused-ring (bicyclic) bond motifs is 1. The molecule has 0 saturated heterocycles. The van der Waals surface area contributed by atoms with Gasteiger partial charge in [-0.25, -0.2) is 24.0 Å². The number of nitrogens with one attached hydrogen (secondary N) is 2. The van der Waals surface area contributed by atoms with Crippen LogP contribution >= 0.6 is 0 Å². The molecule has 0 bridgehead atoms. The summed E-state index contributed by atoms with van der Waals surface area (Å²) in [5.41, 5.74) is -1.26. The fourth-order valence-electron chi connectivity index (χ4n) is 4.23. The smallest absolute Gasteiger partial charge is 0.310 e. The normalized spacial score (nSPS) is 21.8. The molecule has 0 aromatic carbocycles. The Labute approximate surface area is 191 Å². The highest BCUT2D eigenvalue weighted by atomic mass is 19.4. The van der Waals surface area contributed by atoms with Crippen molar-refractivity contribution in [2.24, 2.45) is 5.92 Å². The standard InChI is InChI=1S/C20H15F6N7O2/c1-7-16(34)30-12-10-13(31-17(35)18(7,10)2)29-14(28-12)11-9-5-8(21)6-27-15(9)33(32-11)4-3-19(22,23)20(24,25)26/h5-7H,3-4H2,1-2H3,(H2,28,29,30,31,34,35)/t7-,18-/m0/s1. The van der Waals surface area contributed by atoms with Crippen LogP contribution in [0, 0.1) is 11.7 Å². The van der Waals surface area contributed by atoms with Crippen LogP contribution in [0.3, 0.4) is 0 Å². The van der Waals surface area contributed by atoms with Gasteiger partial charge < -0.3 is 10.6 Å². The summed E-state index contributed by atoms with van der Waals surface area (Å²) in [4.78, 5) is 37.5. The number of rotatable bonds is 4. The van der Waals surface area contributed by atoms with Crippen molar-refractivity contribution >= 4 is 34.5 Å². The maximum Gasteiger partial charge on any atom is 0.453 e. The van der Waals surface area contributed by atoms with Crippen LogP contribution in [0.2, 0.25) is 0 Å². The van der Waals surface area contributed by atoms with Gasteiger partial charge in [0.05, 0.1) is 28.5 Å². The summed E-state index contributed by atoms with van der Waals surface area (Å²) in [6.07, 6.45) is -6.64. The van der Waals surface area contributed by atoms with Gasteiger partial charge in [0.15, 0.2) is 11.5 Å². The SMILES string of the molecule is C[C@H]1C(=O)Nc2nc(-c3nn(CCC(F)(F)C(F)(F)F)c4ncc(F)cc34)nc3c2[C@@]1(C)C(=O)N3. The lowest BCUT2D eigenvalue weighted by molar-refractivity contribution is -0.285. The second kappa shape index (κ2) is 7.11. The number of hydrogen-bond acceptors (Lipinski definition) is 6. The number of carbonyl (C=O) groups is 2. The lowest BCUT2D eigenvalue weighted by atomic mass is 9.71. The molecule has 5 heterocycles. The highest BCUT2D eigenvalue weighted by Crippen LogP contribution is 2.49. The minimum Gasteiger partial charge on any atom is -0.310 e. The van der Waals surface area contributed by atoms with Crippen molar-refractivity contribution in [3.05, 3.63) is 23.6 Å². The fourth-order valence-corrected chi connectivity index (χ4v) is 4.23. The topological polar surface area (TPSA) is 115 Å². The van der Waals surface area contributed by atoms with Gasteiger partial charge in [0.25, 0.3) is 0 Å². The van der Waals surface area contributed by atoms with Crippen molar-refractivity contribution in [2.75, 3.05) is 10.6 Å². The number of hydrogen-bond donors (Lipinski definition) is 2. The fraction of sp³-hybridized carbons (Fsp3) is 0.400. The van der Waals surface area contributed by atoms with Crippen molar-refractivity contribution < 1.29 is 35.9 Å². The second-order valence-electron chi connectivity index (χ2n) is 8.54. The quantitative estimate of drug-likeness (QED) is 0.532. The third kappa shape index (κ3) is 3.24. The Hall–Kier alpha value is -3.78. The predicted octanol–water partition coefficient (Wildman–Crippen LogP) is 3.41. The first-order chi connectivity index (χ1) is 16.2. The summed E-state index contributed by atoms with van der Waals surface area (Å²) in [6, 6.07) is 0.953. The van der Waals surface area contributed by atoms with Crippen LogP contribution in [0.1, 0.15) is 25.8 Å². The Bertz CT molecular complexity index is 1420. The van der Waals surface area contributed by atoms with E-state index in [0.717, 1.165) is 16.9 Å². The highest BCUT2D eigenvalue weighted by molar-refractivity contribution is 6.14. The van der Waals surface area contributed by atoms with Crippen LogP contribution in [0.4, 0.5) is 38.0 Å². The minimum atomic E-state index is -5.76. The average Bonchev–Trinajstić information content (AvgIpc) is 3.25. The lowest BCUT2D eigenvalue weighted by Gasteiger charge is -2.33. The molecule has 3 aromatic rings. The van der Waals surface area contributed by atoms with Gasteiger partial charge in [-0.3, -0.25) is 9.59 Å². The summed E-state index contributed by atoms with van der Waals surface area (Å²) in [5, 5.41) is 9.12. The van der Waals surface area contributed by atoms with E-state index in [0.29, 0.717) is 5.56 Å². The van der Waals surface area contributed by atoms with Gasteiger partial charge in [-0.1, -0.05) is 6.92 Å². The molecule has 2 aliphatic rings. The van der Waals surface area contributed by atoms with Crippen LogP contribution in [-0.4, -0.2) is 48.6 Å². The number of alkyl halides is 5. The maximum atomic E-state index is 14.0. The molecule has 0 unspecified atom stereocenters. The second-order valence-corrected chi connectivity index (χ2v) is 8.54. The van der Waals surface area contributed by atoms with Gasteiger partial charge in [-0.05, 0) is 13.0 Å². The Morgan fingerprint density at radius 2 is 1.77 bits per heavy atom. The highest BCUT2D eigenvalue weighted by Gasteiger charge is 2.57. The van der Waals surface area contributed by atoms with E-state index in [2.05, 4.69) is 30.7 Å². The van der Waals surface area contributed by atoms with Crippen LogP contribution < -0.4 is 10.6 Å². The summed E-state index contributed by atoms with van der Waals surface area (Å²) < 4.78 is 79.6. The van der Waals surface area contributed by atoms with Gasteiger partial charge in [-0.2, -0.15) is 27.1 Å². The van der Waals surface area contributed by atoms with E-state index in [1.165, 1.54) is 0 Å². The lowest BCUT2D eigenvalue weighted by Crippen LogP contribution is -2.47. The van der Waals surface area contributed by atoms with Gasteiger partial charge >= 0.3 is 12.1 Å². The number of aromatic nitrogens is 5. The van der Waals surface area contributed by atoms with E-state index >= 15 is 0 Å². The van der Waals surface area contributed by atoms with E-state index < -0.39 is 54.0 Å². The van der Waals surface area contributed by atoms with Gasteiger partial charge in [-0.15, -0.1) is 0 Å². The molecule has 0 aliphatic carbocycles. The first kappa shape index (κ1) is 23.0. The van der Waals surface area contributed by atoms with E-state index in [1.54, 1.807) is 13.8 Å². The number of pyridine rings is 1. The van der Waals surface area contributed by atoms with Crippen molar-refractivity contribution in [1.82, 2.24) is 24.7 Å². The minimum absolute atomic E-state index is 0.00427. The summed E-state index contributed by atoms with van der Waals surface area (Å²) in [6.45, 7) is 2.23. The molecule has 2 aliphatic heterocycles. The van der Waals surface area contributed by atoms with Crippen LogP contribution in [0.5, 0.6) is 0 Å².